The van der Waals surface area contributed by atoms with Crippen LogP contribution in [0.2, 0.25) is 0 Å². The smallest absolute Gasteiger partial charge is 0.126 e. The second kappa shape index (κ2) is 10.8. The third-order valence-electron chi connectivity index (χ3n) is 5.86. The second-order valence-corrected chi connectivity index (χ2v) is 8.70. The van der Waals surface area contributed by atoms with Crippen molar-refractivity contribution in [1.29, 1.82) is 5.26 Å². The zero-order chi connectivity index (χ0) is 23.1. The molecule has 32 heavy (non-hydrogen) atoms. The Hall–Kier alpha value is -3.30. The van der Waals surface area contributed by atoms with Crippen molar-refractivity contribution in [3.63, 3.8) is 0 Å². The summed E-state index contributed by atoms with van der Waals surface area (Å²) in [6, 6.07) is 14.6. The number of hydrogen-bond donors (Lipinski definition) is 2. The van der Waals surface area contributed by atoms with Crippen molar-refractivity contribution in [2.24, 2.45) is 5.84 Å². The predicted molar refractivity (Wildman–Crippen MR) is 131 cm³/mol. The SMILES string of the molecule is C=C(/C(=C/Cc1ccc(NC(C)C)nc1)N(C)N)N1CCC(c2ccc(C#N)cc2)CC1. The van der Waals surface area contributed by atoms with Crippen molar-refractivity contribution < 1.29 is 0 Å². The lowest BCUT2D eigenvalue weighted by atomic mass is 9.88. The fourth-order valence-corrected chi connectivity index (χ4v) is 4.08. The molecule has 1 aliphatic heterocycles. The van der Waals surface area contributed by atoms with Gasteiger partial charge in [-0.05, 0) is 68.4 Å². The van der Waals surface area contributed by atoms with Gasteiger partial charge in [0.05, 0.1) is 23.0 Å². The number of nitrogens with one attached hydrogen (secondary N) is 1. The molecule has 0 radical (unpaired) electrons. The molecule has 0 amide bonds. The van der Waals surface area contributed by atoms with E-state index in [9.17, 15) is 0 Å². The first kappa shape index (κ1) is 23.4. The lowest BCUT2D eigenvalue weighted by Crippen LogP contribution is -2.37. The van der Waals surface area contributed by atoms with E-state index in [0.29, 0.717) is 17.5 Å². The van der Waals surface area contributed by atoms with Crippen LogP contribution in [0.25, 0.3) is 0 Å². The van der Waals surface area contributed by atoms with E-state index in [-0.39, 0.29) is 0 Å². The Morgan fingerprint density at radius 1 is 1.28 bits per heavy atom. The number of piperidine rings is 1. The third-order valence-corrected chi connectivity index (χ3v) is 5.86. The monoisotopic (exact) mass is 430 g/mol. The number of likely N-dealkylation sites (N-methyl/N-ethyl adjacent to an activating group) is 1. The molecule has 0 unspecified atom stereocenters. The Labute approximate surface area is 192 Å². The molecule has 168 valence electrons. The molecule has 0 bridgehead atoms. The van der Waals surface area contributed by atoms with E-state index >= 15 is 0 Å². The van der Waals surface area contributed by atoms with Gasteiger partial charge in [-0.15, -0.1) is 0 Å². The number of benzene rings is 1. The van der Waals surface area contributed by atoms with Crippen molar-refractivity contribution in [3.05, 3.63) is 83.3 Å². The van der Waals surface area contributed by atoms with Crippen molar-refractivity contribution in [3.8, 4) is 6.07 Å². The van der Waals surface area contributed by atoms with Crippen molar-refractivity contribution in [2.45, 2.75) is 45.1 Å². The number of hydrogen-bond acceptors (Lipinski definition) is 6. The zero-order valence-corrected chi connectivity index (χ0v) is 19.4. The average Bonchev–Trinajstić information content (AvgIpc) is 2.80. The van der Waals surface area contributed by atoms with Crippen LogP contribution in [0.1, 0.15) is 49.3 Å². The van der Waals surface area contributed by atoms with Gasteiger partial charge >= 0.3 is 0 Å². The van der Waals surface area contributed by atoms with E-state index in [1.54, 1.807) is 5.01 Å². The number of nitrogens with two attached hydrogens (primary N) is 1. The molecule has 6 nitrogen and oxygen atoms in total. The minimum Gasteiger partial charge on any atom is -0.370 e. The number of pyridine rings is 1. The van der Waals surface area contributed by atoms with Crippen LogP contribution in [0.15, 0.2) is 66.6 Å². The van der Waals surface area contributed by atoms with Crippen LogP contribution >= 0.6 is 0 Å². The highest BCUT2D eigenvalue weighted by Crippen LogP contribution is 2.31. The number of aromatic nitrogens is 1. The van der Waals surface area contributed by atoms with E-state index in [4.69, 9.17) is 11.1 Å². The lowest BCUT2D eigenvalue weighted by molar-refractivity contribution is 0.255. The van der Waals surface area contributed by atoms with Crippen molar-refractivity contribution >= 4 is 5.82 Å². The Morgan fingerprint density at radius 2 is 1.97 bits per heavy atom. The molecular weight excluding hydrogens is 396 g/mol. The number of likely N-dealkylation sites (tertiary alicyclic amines) is 1. The van der Waals surface area contributed by atoms with Gasteiger partial charge in [-0.3, -0.25) is 0 Å². The molecule has 3 rings (SSSR count). The minimum absolute atomic E-state index is 0.357. The fraction of sp³-hybridized carbons (Fsp3) is 0.385. The third kappa shape index (κ3) is 6.12. The van der Waals surface area contributed by atoms with Crippen LogP contribution in [-0.2, 0) is 6.42 Å². The summed E-state index contributed by atoms with van der Waals surface area (Å²) in [5.41, 5.74) is 5.04. The molecule has 1 saturated heterocycles. The van der Waals surface area contributed by atoms with E-state index in [1.165, 1.54) is 5.56 Å². The molecule has 3 N–H and O–H groups in total. The highest BCUT2D eigenvalue weighted by atomic mass is 15.4. The molecule has 0 aliphatic carbocycles. The molecule has 1 fully saturated rings. The van der Waals surface area contributed by atoms with Gasteiger partial charge in [0.2, 0.25) is 0 Å². The van der Waals surface area contributed by atoms with Crippen LogP contribution in [0, 0.1) is 11.3 Å². The summed E-state index contributed by atoms with van der Waals surface area (Å²) in [6.45, 7) is 10.4. The maximum atomic E-state index is 9.00. The van der Waals surface area contributed by atoms with Gasteiger partial charge in [0.15, 0.2) is 0 Å². The quantitative estimate of drug-likeness (QED) is 0.367. The standard InChI is InChI=1S/C26H34N6/c1-19(2)30-26-12-8-22(18-29-26)7-11-25(31(4)28)20(3)32-15-13-24(14-16-32)23-9-5-21(17-27)6-10-23/h5-6,8-12,18-19,24H,3,7,13-16,28H2,1-2,4H3,(H,29,30)/b25-11-. The first-order valence-electron chi connectivity index (χ1n) is 11.2. The molecule has 2 aromatic rings. The van der Waals surface area contributed by atoms with Crippen LogP contribution in [0.4, 0.5) is 5.82 Å². The van der Waals surface area contributed by atoms with Crippen LogP contribution in [0.3, 0.4) is 0 Å². The number of rotatable bonds is 8. The van der Waals surface area contributed by atoms with E-state index in [2.05, 4.69) is 66.0 Å². The summed E-state index contributed by atoms with van der Waals surface area (Å²) in [4.78, 5) is 6.81. The van der Waals surface area contributed by atoms with Crippen molar-refractivity contribution in [2.75, 3.05) is 25.5 Å². The summed E-state index contributed by atoms with van der Waals surface area (Å²) in [5.74, 6) is 7.56. The van der Waals surface area contributed by atoms with Gasteiger partial charge in [-0.1, -0.05) is 30.9 Å². The van der Waals surface area contributed by atoms with Crippen molar-refractivity contribution in [1.82, 2.24) is 14.9 Å². The van der Waals surface area contributed by atoms with Gasteiger partial charge in [-0.25, -0.2) is 10.8 Å². The van der Waals surface area contributed by atoms with E-state index in [1.807, 2.05) is 31.4 Å². The maximum absolute atomic E-state index is 9.00. The largest absolute Gasteiger partial charge is 0.370 e. The summed E-state index contributed by atoms with van der Waals surface area (Å²) in [6.07, 6.45) is 6.89. The van der Waals surface area contributed by atoms with Gasteiger partial charge in [0.25, 0.3) is 0 Å². The maximum Gasteiger partial charge on any atom is 0.126 e. The predicted octanol–water partition coefficient (Wildman–Crippen LogP) is 4.40. The molecule has 1 aromatic carbocycles. The zero-order valence-electron chi connectivity index (χ0n) is 19.4. The van der Waals surface area contributed by atoms with Crippen LogP contribution in [0.5, 0.6) is 0 Å². The summed E-state index contributed by atoms with van der Waals surface area (Å²) < 4.78 is 0. The normalized spacial score (nSPS) is 14.9. The Kier molecular flexibility index (Phi) is 7.91. The Bertz CT molecular complexity index is 959. The first-order valence-corrected chi connectivity index (χ1v) is 11.2. The van der Waals surface area contributed by atoms with E-state index in [0.717, 1.165) is 55.1 Å². The van der Waals surface area contributed by atoms with Gasteiger partial charge in [0.1, 0.15) is 5.82 Å². The molecule has 0 atom stereocenters. The second-order valence-electron chi connectivity index (χ2n) is 8.70. The average molecular weight is 431 g/mol. The van der Waals surface area contributed by atoms with Gasteiger partial charge in [0, 0.05) is 32.4 Å². The van der Waals surface area contributed by atoms with Crippen LogP contribution in [-0.4, -0.2) is 41.1 Å². The molecule has 2 heterocycles. The molecule has 6 heteroatoms. The highest BCUT2D eigenvalue weighted by Gasteiger charge is 2.23. The molecule has 0 spiro atoms. The topological polar surface area (TPSA) is 81.2 Å². The molecule has 1 aromatic heterocycles. The number of allylic oxidation sites excluding steroid dienone is 1. The van der Waals surface area contributed by atoms with Gasteiger partial charge in [-0.2, -0.15) is 5.26 Å². The lowest BCUT2D eigenvalue weighted by Gasteiger charge is -2.37. The Balaban J connectivity index is 1.60. The summed E-state index contributed by atoms with van der Waals surface area (Å²) >= 11 is 0. The number of hydrazine groups is 1. The number of anilines is 1. The highest BCUT2D eigenvalue weighted by molar-refractivity contribution is 5.37. The fourth-order valence-electron chi connectivity index (χ4n) is 4.08. The Morgan fingerprint density at radius 3 is 2.50 bits per heavy atom. The summed E-state index contributed by atoms with van der Waals surface area (Å²) in [7, 11) is 1.86. The first-order chi connectivity index (χ1) is 15.4. The summed E-state index contributed by atoms with van der Waals surface area (Å²) in [5, 5.41) is 14.0. The molecular formula is C26H34N6. The molecule has 0 saturated carbocycles. The minimum atomic E-state index is 0.357. The molecule has 1 aliphatic rings. The number of nitrogens with zero attached hydrogens (tertiary/aromatic N) is 4. The van der Waals surface area contributed by atoms with Crippen LogP contribution < -0.4 is 11.2 Å². The van der Waals surface area contributed by atoms with E-state index < -0.39 is 0 Å². The number of nitriles is 1. The van der Waals surface area contributed by atoms with Gasteiger partial charge < -0.3 is 15.2 Å².